The van der Waals surface area contributed by atoms with Crippen molar-refractivity contribution in [3.63, 3.8) is 0 Å². The Bertz CT molecular complexity index is 343. The highest BCUT2D eigenvalue weighted by Crippen LogP contribution is 2.46. The number of hydrogen-bond donors (Lipinski definition) is 1. The van der Waals surface area contributed by atoms with Crippen LogP contribution in [0.1, 0.15) is 66.7 Å². The fourth-order valence-electron chi connectivity index (χ4n) is 4.30. The SMILES string of the molecule is CCC(C)(C)C1CCC(CN)(N2CCSC(C)(C)C2)CC1. The van der Waals surface area contributed by atoms with Crippen molar-refractivity contribution in [1.29, 1.82) is 0 Å². The van der Waals surface area contributed by atoms with Crippen LogP contribution in [0.2, 0.25) is 0 Å². The van der Waals surface area contributed by atoms with Crippen molar-refractivity contribution in [2.24, 2.45) is 17.1 Å². The van der Waals surface area contributed by atoms with Crippen LogP contribution in [0.4, 0.5) is 0 Å². The Morgan fingerprint density at radius 3 is 2.33 bits per heavy atom. The van der Waals surface area contributed by atoms with Crippen LogP contribution in [0.15, 0.2) is 0 Å². The van der Waals surface area contributed by atoms with Crippen molar-refractivity contribution in [2.75, 3.05) is 25.4 Å². The lowest BCUT2D eigenvalue weighted by Crippen LogP contribution is -2.61. The molecule has 0 aromatic rings. The maximum Gasteiger partial charge on any atom is 0.0332 e. The summed E-state index contributed by atoms with van der Waals surface area (Å²) in [7, 11) is 0. The molecule has 2 N–H and O–H groups in total. The lowest BCUT2D eigenvalue weighted by Gasteiger charge is -2.53. The molecule has 2 fully saturated rings. The molecule has 0 bridgehead atoms. The van der Waals surface area contributed by atoms with Crippen LogP contribution in [0.3, 0.4) is 0 Å². The second kappa shape index (κ2) is 6.41. The summed E-state index contributed by atoms with van der Waals surface area (Å²) in [5, 5.41) is 0. The predicted molar refractivity (Wildman–Crippen MR) is 95.9 cm³/mol. The van der Waals surface area contributed by atoms with Gasteiger partial charge in [-0.2, -0.15) is 11.8 Å². The lowest BCUT2D eigenvalue weighted by molar-refractivity contribution is 0.0138. The Labute approximate surface area is 136 Å². The van der Waals surface area contributed by atoms with E-state index in [-0.39, 0.29) is 0 Å². The smallest absolute Gasteiger partial charge is 0.0332 e. The second-order valence-electron chi connectivity index (χ2n) is 8.57. The first kappa shape index (κ1) is 17.6. The minimum Gasteiger partial charge on any atom is -0.329 e. The van der Waals surface area contributed by atoms with Crippen molar-refractivity contribution in [1.82, 2.24) is 4.90 Å². The van der Waals surface area contributed by atoms with Gasteiger partial charge >= 0.3 is 0 Å². The number of nitrogens with two attached hydrogens (primary N) is 1. The Morgan fingerprint density at radius 2 is 1.86 bits per heavy atom. The molecule has 21 heavy (non-hydrogen) atoms. The molecule has 2 rings (SSSR count). The molecule has 0 radical (unpaired) electrons. The molecular weight excluding hydrogens is 276 g/mol. The third-order valence-electron chi connectivity index (χ3n) is 6.41. The van der Waals surface area contributed by atoms with Gasteiger partial charge in [-0.1, -0.05) is 27.2 Å². The molecule has 2 aliphatic rings. The number of nitrogens with zero attached hydrogens (tertiary/aromatic N) is 1. The molecule has 124 valence electrons. The van der Waals surface area contributed by atoms with Crippen LogP contribution in [-0.4, -0.2) is 40.6 Å². The van der Waals surface area contributed by atoms with Gasteiger partial charge in [-0.3, -0.25) is 4.90 Å². The summed E-state index contributed by atoms with van der Waals surface area (Å²) in [5.41, 5.74) is 7.08. The summed E-state index contributed by atoms with van der Waals surface area (Å²) in [6.07, 6.45) is 6.63. The Hall–Kier alpha value is 0.270. The zero-order chi connectivity index (χ0) is 15.7. The van der Waals surface area contributed by atoms with Gasteiger partial charge in [0.25, 0.3) is 0 Å². The van der Waals surface area contributed by atoms with Crippen LogP contribution in [0.25, 0.3) is 0 Å². The third-order valence-corrected chi connectivity index (χ3v) is 7.71. The number of hydrogen-bond acceptors (Lipinski definition) is 3. The van der Waals surface area contributed by atoms with Crippen LogP contribution in [0, 0.1) is 11.3 Å². The molecule has 0 amide bonds. The van der Waals surface area contributed by atoms with Crippen LogP contribution in [0.5, 0.6) is 0 Å². The van der Waals surface area contributed by atoms with Gasteiger partial charge in [0.05, 0.1) is 0 Å². The van der Waals surface area contributed by atoms with Gasteiger partial charge in [-0.05, 0) is 50.9 Å². The van der Waals surface area contributed by atoms with Gasteiger partial charge in [-0.25, -0.2) is 0 Å². The maximum absolute atomic E-state index is 6.30. The van der Waals surface area contributed by atoms with Crippen molar-refractivity contribution in [3.8, 4) is 0 Å². The molecule has 3 heteroatoms. The largest absolute Gasteiger partial charge is 0.329 e. The van der Waals surface area contributed by atoms with Crippen LogP contribution in [-0.2, 0) is 0 Å². The average molecular weight is 313 g/mol. The molecule has 1 aliphatic heterocycles. The van der Waals surface area contributed by atoms with E-state index in [2.05, 4.69) is 51.3 Å². The quantitative estimate of drug-likeness (QED) is 0.846. The molecule has 0 unspecified atom stereocenters. The van der Waals surface area contributed by atoms with Crippen LogP contribution < -0.4 is 5.73 Å². The van der Waals surface area contributed by atoms with Crippen molar-refractivity contribution in [2.45, 2.75) is 77.0 Å². The topological polar surface area (TPSA) is 29.3 Å². The summed E-state index contributed by atoms with van der Waals surface area (Å²) >= 11 is 2.12. The Kier molecular flexibility index (Phi) is 5.38. The van der Waals surface area contributed by atoms with E-state index >= 15 is 0 Å². The van der Waals surface area contributed by atoms with Gasteiger partial charge in [-0.15, -0.1) is 0 Å². The molecular formula is C18H36N2S. The van der Waals surface area contributed by atoms with Crippen LogP contribution >= 0.6 is 11.8 Å². The third kappa shape index (κ3) is 3.79. The molecule has 1 aliphatic carbocycles. The van der Waals surface area contributed by atoms with E-state index in [4.69, 9.17) is 5.73 Å². The highest BCUT2D eigenvalue weighted by molar-refractivity contribution is 8.00. The zero-order valence-electron chi connectivity index (χ0n) is 14.9. The normalized spacial score (nSPS) is 34.9. The van der Waals surface area contributed by atoms with Gasteiger partial charge in [0.1, 0.15) is 0 Å². The summed E-state index contributed by atoms with van der Waals surface area (Å²) in [4.78, 5) is 2.75. The highest BCUT2D eigenvalue weighted by atomic mass is 32.2. The molecule has 0 spiro atoms. The number of thioether (sulfide) groups is 1. The van der Waals surface area contributed by atoms with E-state index in [9.17, 15) is 0 Å². The van der Waals surface area contributed by atoms with Gasteiger partial charge in [0, 0.05) is 35.7 Å². The van der Waals surface area contributed by atoms with Crippen molar-refractivity contribution in [3.05, 3.63) is 0 Å². The Balaban J connectivity index is 2.04. The van der Waals surface area contributed by atoms with Gasteiger partial charge < -0.3 is 5.73 Å². The summed E-state index contributed by atoms with van der Waals surface area (Å²) in [6, 6.07) is 0. The standard InChI is InChI=1S/C18H36N2S/c1-6-16(2,3)15-7-9-18(13-19,10-8-15)20-11-12-21-17(4,5)14-20/h15H,6-14,19H2,1-5H3. The number of rotatable bonds is 4. The van der Waals surface area contributed by atoms with Crippen molar-refractivity contribution >= 4 is 11.8 Å². The van der Waals surface area contributed by atoms with Crippen molar-refractivity contribution < 1.29 is 0 Å². The lowest BCUT2D eigenvalue weighted by atomic mass is 9.65. The van der Waals surface area contributed by atoms with E-state index in [1.165, 1.54) is 50.9 Å². The summed E-state index contributed by atoms with van der Waals surface area (Å²) < 4.78 is 0.389. The first-order chi connectivity index (χ1) is 9.75. The molecule has 1 heterocycles. The molecule has 0 atom stereocenters. The monoisotopic (exact) mass is 312 g/mol. The molecule has 0 aromatic heterocycles. The fourth-order valence-corrected chi connectivity index (χ4v) is 5.41. The molecule has 1 saturated carbocycles. The van der Waals surface area contributed by atoms with E-state index in [1.807, 2.05) is 0 Å². The Morgan fingerprint density at radius 1 is 1.24 bits per heavy atom. The molecule has 0 aromatic carbocycles. The van der Waals surface area contributed by atoms with E-state index in [0.29, 0.717) is 15.7 Å². The zero-order valence-corrected chi connectivity index (χ0v) is 15.7. The van der Waals surface area contributed by atoms with E-state index in [0.717, 1.165) is 12.5 Å². The van der Waals surface area contributed by atoms with Gasteiger partial charge in [0.2, 0.25) is 0 Å². The minimum absolute atomic E-state index is 0.290. The molecule has 2 nitrogen and oxygen atoms in total. The second-order valence-corrected chi connectivity index (χ2v) is 10.4. The van der Waals surface area contributed by atoms with E-state index in [1.54, 1.807) is 0 Å². The minimum atomic E-state index is 0.290. The first-order valence-electron chi connectivity index (χ1n) is 8.84. The van der Waals surface area contributed by atoms with Gasteiger partial charge in [0.15, 0.2) is 0 Å². The first-order valence-corrected chi connectivity index (χ1v) is 9.82. The molecule has 1 saturated heterocycles. The highest BCUT2D eigenvalue weighted by Gasteiger charge is 2.44. The average Bonchev–Trinajstić information content (AvgIpc) is 2.46. The van der Waals surface area contributed by atoms with E-state index < -0.39 is 0 Å². The summed E-state index contributed by atoms with van der Waals surface area (Å²) in [5.74, 6) is 2.15. The maximum atomic E-state index is 6.30. The fraction of sp³-hybridized carbons (Fsp3) is 1.00. The predicted octanol–water partition coefficient (Wildman–Crippen LogP) is 4.14. The summed E-state index contributed by atoms with van der Waals surface area (Å²) in [6.45, 7) is 15.3.